The molecular weight excluding hydrogens is 466 g/mol. The summed E-state index contributed by atoms with van der Waals surface area (Å²) < 4.78 is 0. The van der Waals surface area contributed by atoms with Gasteiger partial charge in [-0.05, 0) is 12.5 Å². The molecule has 35 heavy (non-hydrogen) atoms. The number of primary amides is 1. The Hall–Kier alpha value is -4.04. The summed E-state index contributed by atoms with van der Waals surface area (Å²) >= 11 is 0. The highest BCUT2D eigenvalue weighted by Gasteiger charge is 2.32. The van der Waals surface area contributed by atoms with E-state index in [9.17, 15) is 33.9 Å². The van der Waals surface area contributed by atoms with Crippen LogP contribution in [0.2, 0.25) is 0 Å². The predicted molar refractivity (Wildman–Crippen MR) is 119 cm³/mol. The maximum atomic E-state index is 13.0. The number of hydrogen-bond acceptors (Lipinski definition) is 8. The molecule has 0 spiro atoms. The van der Waals surface area contributed by atoms with Gasteiger partial charge in [-0.15, -0.1) is 0 Å². The maximum Gasteiger partial charge on any atom is 0.326 e. The quantitative estimate of drug-likeness (QED) is 0.128. The van der Waals surface area contributed by atoms with Crippen molar-refractivity contribution in [2.75, 3.05) is 0 Å². The Labute approximate surface area is 200 Å². The summed E-state index contributed by atoms with van der Waals surface area (Å²) in [5.74, 6) is -7.14. The van der Waals surface area contributed by atoms with Crippen LogP contribution in [0, 0.1) is 0 Å². The number of rotatable bonds is 14. The number of aliphatic hydroxyl groups is 1. The van der Waals surface area contributed by atoms with Gasteiger partial charge in [0.1, 0.15) is 24.2 Å². The molecule has 5 unspecified atom stereocenters. The number of hydrogen-bond donors (Lipinski definition) is 8. The van der Waals surface area contributed by atoms with E-state index in [1.807, 2.05) is 5.32 Å². The number of amides is 4. The van der Waals surface area contributed by atoms with E-state index in [4.69, 9.17) is 21.7 Å². The number of carboxylic acid groups (broad SMARTS) is 2. The number of carbonyl (C=O) groups excluding carboxylic acids is 4. The Bertz CT molecular complexity index is 938. The van der Waals surface area contributed by atoms with Gasteiger partial charge in [-0.1, -0.05) is 30.3 Å². The molecule has 1 aromatic carbocycles. The maximum absolute atomic E-state index is 13.0. The second kappa shape index (κ2) is 13.6. The number of benzene rings is 1. The lowest BCUT2D eigenvalue weighted by Crippen LogP contribution is -2.59. The highest BCUT2D eigenvalue weighted by molar-refractivity contribution is 5.96. The summed E-state index contributed by atoms with van der Waals surface area (Å²) in [6.07, 6.45) is -2.99. The zero-order valence-electron chi connectivity index (χ0n) is 18.8. The van der Waals surface area contributed by atoms with Crippen LogP contribution in [0.1, 0.15) is 25.3 Å². The highest BCUT2D eigenvalue weighted by Crippen LogP contribution is 2.06. The molecule has 0 fully saturated rings. The van der Waals surface area contributed by atoms with Gasteiger partial charge in [0.2, 0.25) is 23.6 Å². The van der Waals surface area contributed by atoms with Crippen LogP contribution in [0.5, 0.6) is 0 Å². The number of nitrogens with one attached hydrogen (secondary N) is 3. The van der Waals surface area contributed by atoms with Crippen molar-refractivity contribution in [3.8, 4) is 0 Å². The molecule has 0 aromatic heterocycles. The topological polar surface area (TPSA) is 251 Å². The molecule has 0 aliphatic heterocycles. The molecule has 0 aliphatic carbocycles. The van der Waals surface area contributed by atoms with Gasteiger partial charge in [0.15, 0.2) is 0 Å². The lowest BCUT2D eigenvalue weighted by Gasteiger charge is -2.25. The summed E-state index contributed by atoms with van der Waals surface area (Å²) in [6, 6.07) is 2.24. The van der Waals surface area contributed by atoms with E-state index in [0.717, 1.165) is 0 Å². The van der Waals surface area contributed by atoms with Gasteiger partial charge >= 0.3 is 11.9 Å². The average Bonchev–Trinajstić information content (AvgIpc) is 2.76. The third-order valence-corrected chi connectivity index (χ3v) is 4.77. The van der Waals surface area contributed by atoms with Gasteiger partial charge in [0.25, 0.3) is 0 Å². The number of nitrogens with two attached hydrogens (primary N) is 2. The van der Waals surface area contributed by atoms with Crippen molar-refractivity contribution in [3.05, 3.63) is 35.9 Å². The van der Waals surface area contributed by atoms with Crippen molar-refractivity contribution in [1.82, 2.24) is 16.0 Å². The zero-order valence-corrected chi connectivity index (χ0v) is 18.8. The lowest BCUT2D eigenvalue weighted by molar-refractivity contribution is -0.147. The standard InChI is InChI=1S/C21H29N5O9/c1-10(27)17(23)20(33)25-12(7-11-5-3-2-4-6-11)18(31)24-13(8-15(22)28)19(32)26-14(21(34)35)9-16(29)30/h2-6,10,12-14,17,27H,7-9,23H2,1H3,(H2,22,28)(H,24,31)(H,25,33)(H,26,32)(H,29,30)(H,34,35). The third kappa shape index (κ3) is 10.2. The van der Waals surface area contributed by atoms with Crippen molar-refractivity contribution in [2.45, 2.75) is 56.5 Å². The Morgan fingerprint density at radius 3 is 1.83 bits per heavy atom. The van der Waals surface area contributed by atoms with Gasteiger partial charge < -0.3 is 42.7 Å². The minimum Gasteiger partial charge on any atom is -0.481 e. The first-order valence-corrected chi connectivity index (χ1v) is 10.4. The molecule has 0 saturated heterocycles. The van der Waals surface area contributed by atoms with Gasteiger partial charge in [-0.25, -0.2) is 4.79 Å². The van der Waals surface area contributed by atoms with E-state index in [-0.39, 0.29) is 6.42 Å². The van der Waals surface area contributed by atoms with Crippen LogP contribution in [0.4, 0.5) is 0 Å². The summed E-state index contributed by atoms with van der Waals surface area (Å²) in [6.45, 7) is 1.28. The van der Waals surface area contributed by atoms with Crippen molar-refractivity contribution < 1.29 is 44.1 Å². The molecule has 192 valence electrons. The SMILES string of the molecule is CC(O)C(N)C(=O)NC(Cc1ccccc1)C(=O)NC(CC(N)=O)C(=O)NC(CC(=O)O)C(=O)O. The molecule has 4 amide bonds. The summed E-state index contributed by atoms with van der Waals surface area (Å²) in [4.78, 5) is 71.5. The van der Waals surface area contributed by atoms with E-state index in [1.54, 1.807) is 30.3 Å². The minimum absolute atomic E-state index is 0.0629. The van der Waals surface area contributed by atoms with Crippen LogP contribution < -0.4 is 27.4 Å². The molecule has 5 atom stereocenters. The Kier molecular flexibility index (Phi) is 11.3. The van der Waals surface area contributed by atoms with Gasteiger partial charge in [0, 0.05) is 6.42 Å². The summed E-state index contributed by atoms with van der Waals surface area (Å²) in [5.41, 5.74) is 11.4. The van der Waals surface area contributed by atoms with E-state index < -0.39 is 78.7 Å². The first-order valence-electron chi connectivity index (χ1n) is 10.4. The average molecular weight is 495 g/mol. The van der Waals surface area contributed by atoms with Crippen molar-refractivity contribution >= 4 is 35.6 Å². The smallest absolute Gasteiger partial charge is 0.326 e. The van der Waals surface area contributed by atoms with E-state index in [1.165, 1.54) is 6.92 Å². The minimum atomic E-state index is -1.84. The predicted octanol–water partition coefficient (Wildman–Crippen LogP) is -3.17. The second-order valence-electron chi connectivity index (χ2n) is 7.75. The Morgan fingerprint density at radius 2 is 1.34 bits per heavy atom. The first kappa shape index (κ1) is 29.0. The lowest BCUT2D eigenvalue weighted by atomic mass is 10.0. The van der Waals surface area contributed by atoms with Gasteiger partial charge in [-0.3, -0.25) is 24.0 Å². The molecule has 10 N–H and O–H groups in total. The van der Waals surface area contributed by atoms with Crippen LogP contribution >= 0.6 is 0 Å². The Morgan fingerprint density at radius 1 is 0.829 bits per heavy atom. The monoisotopic (exact) mass is 495 g/mol. The van der Waals surface area contributed by atoms with Crippen LogP contribution in [0.25, 0.3) is 0 Å². The molecular formula is C21H29N5O9. The van der Waals surface area contributed by atoms with Crippen LogP contribution in [-0.4, -0.2) is 81.2 Å². The van der Waals surface area contributed by atoms with E-state index in [2.05, 4.69) is 10.6 Å². The van der Waals surface area contributed by atoms with Crippen LogP contribution in [-0.2, 0) is 35.2 Å². The van der Waals surface area contributed by atoms with Crippen LogP contribution in [0.3, 0.4) is 0 Å². The van der Waals surface area contributed by atoms with E-state index >= 15 is 0 Å². The fourth-order valence-corrected chi connectivity index (χ4v) is 2.88. The number of aliphatic hydroxyl groups excluding tert-OH is 1. The molecule has 0 heterocycles. The molecule has 0 radical (unpaired) electrons. The molecule has 14 heteroatoms. The largest absolute Gasteiger partial charge is 0.481 e. The van der Waals surface area contributed by atoms with Crippen molar-refractivity contribution in [3.63, 3.8) is 0 Å². The number of carboxylic acids is 2. The third-order valence-electron chi connectivity index (χ3n) is 4.77. The van der Waals surface area contributed by atoms with Crippen LogP contribution in [0.15, 0.2) is 30.3 Å². The summed E-state index contributed by atoms with van der Waals surface area (Å²) in [5, 5.41) is 34.1. The number of aliphatic carboxylic acids is 2. The normalized spacial score (nSPS) is 14.9. The van der Waals surface area contributed by atoms with Crippen molar-refractivity contribution in [2.24, 2.45) is 11.5 Å². The number of carbonyl (C=O) groups is 6. The fourth-order valence-electron chi connectivity index (χ4n) is 2.88. The second-order valence-corrected chi connectivity index (χ2v) is 7.75. The molecule has 14 nitrogen and oxygen atoms in total. The molecule has 0 saturated carbocycles. The highest BCUT2D eigenvalue weighted by atomic mass is 16.4. The zero-order chi connectivity index (χ0) is 26.7. The first-order chi connectivity index (χ1) is 16.3. The molecule has 0 bridgehead atoms. The van der Waals surface area contributed by atoms with E-state index in [0.29, 0.717) is 5.56 Å². The molecule has 1 aromatic rings. The molecule has 0 aliphatic rings. The van der Waals surface area contributed by atoms with Gasteiger partial charge in [0.05, 0.1) is 18.9 Å². The summed E-state index contributed by atoms with van der Waals surface area (Å²) in [7, 11) is 0. The fraction of sp³-hybridized carbons (Fsp3) is 0.429. The van der Waals surface area contributed by atoms with Gasteiger partial charge in [-0.2, -0.15) is 0 Å². The van der Waals surface area contributed by atoms with Crippen molar-refractivity contribution in [1.29, 1.82) is 0 Å². The Balaban J connectivity index is 3.12. The molecule has 1 rings (SSSR count).